The molecule has 0 aromatic heterocycles. The number of nitrogens with zero attached hydrogens (tertiary/aromatic N) is 2. The number of rotatable bonds is 6. The Morgan fingerprint density at radius 2 is 1.90 bits per heavy atom. The zero-order valence-electron chi connectivity index (χ0n) is 17.7. The van der Waals surface area contributed by atoms with Gasteiger partial charge in [0.05, 0.1) is 18.1 Å². The molecule has 1 N–H and O–H groups in total. The third-order valence-electron chi connectivity index (χ3n) is 5.57. The van der Waals surface area contributed by atoms with Crippen LogP contribution in [0, 0.1) is 10.1 Å². The Kier molecular flexibility index (Phi) is 7.23. The molecule has 0 spiro atoms. The van der Waals surface area contributed by atoms with Gasteiger partial charge in [-0.15, -0.1) is 0 Å². The first-order valence-corrected chi connectivity index (χ1v) is 10.4. The summed E-state index contributed by atoms with van der Waals surface area (Å²) in [7, 11) is 1.61. The van der Waals surface area contributed by atoms with Crippen molar-refractivity contribution in [3.8, 4) is 5.75 Å². The summed E-state index contributed by atoms with van der Waals surface area (Å²) in [5.74, 6) is 0.0784. The van der Waals surface area contributed by atoms with E-state index in [0.717, 1.165) is 37.0 Å². The number of likely N-dealkylation sites (tertiary alicyclic amines) is 1. The lowest BCUT2D eigenvalue weighted by Crippen LogP contribution is -2.48. The van der Waals surface area contributed by atoms with Gasteiger partial charge in [-0.05, 0) is 43.5 Å². The molecule has 0 saturated carbocycles. The maximum absolute atomic E-state index is 13.3. The summed E-state index contributed by atoms with van der Waals surface area (Å²) in [6.07, 6.45) is 3.83. The van der Waals surface area contributed by atoms with Gasteiger partial charge in [0.15, 0.2) is 0 Å². The van der Waals surface area contributed by atoms with Crippen LogP contribution >= 0.6 is 0 Å². The molecule has 164 valence electrons. The first-order chi connectivity index (χ1) is 14.9. The van der Waals surface area contributed by atoms with Crippen LogP contribution in [0.5, 0.6) is 5.75 Å². The van der Waals surface area contributed by atoms with Gasteiger partial charge < -0.3 is 15.0 Å². The van der Waals surface area contributed by atoms with E-state index in [9.17, 15) is 19.7 Å². The molecule has 8 heteroatoms. The van der Waals surface area contributed by atoms with Crippen molar-refractivity contribution in [2.45, 2.75) is 44.7 Å². The highest BCUT2D eigenvalue weighted by Gasteiger charge is 2.30. The number of ether oxygens (including phenoxy) is 1. The van der Waals surface area contributed by atoms with Crippen molar-refractivity contribution < 1.29 is 19.2 Å². The van der Waals surface area contributed by atoms with Crippen LogP contribution in [0.1, 0.15) is 54.6 Å². The molecule has 2 aromatic carbocycles. The van der Waals surface area contributed by atoms with Gasteiger partial charge >= 0.3 is 0 Å². The van der Waals surface area contributed by atoms with Gasteiger partial charge in [0, 0.05) is 24.2 Å². The van der Waals surface area contributed by atoms with Crippen molar-refractivity contribution in [3.05, 3.63) is 69.8 Å². The second-order valence-corrected chi connectivity index (χ2v) is 7.67. The van der Waals surface area contributed by atoms with Crippen LogP contribution in [-0.2, 0) is 4.79 Å². The van der Waals surface area contributed by atoms with E-state index >= 15 is 0 Å². The lowest BCUT2D eigenvalue weighted by atomic mass is 10.00. The van der Waals surface area contributed by atoms with Gasteiger partial charge in [-0.2, -0.15) is 0 Å². The molecular weight excluding hydrogens is 398 g/mol. The second kappa shape index (κ2) is 10.1. The molecule has 0 radical (unpaired) electrons. The van der Waals surface area contributed by atoms with Crippen LogP contribution in [-0.4, -0.2) is 41.3 Å². The van der Waals surface area contributed by atoms with Crippen molar-refractivity contribution in [3.63, 3.8) is 0 Å². The average Bonchev–Trinajstić information content (AvgIpc) is 3.04. The molecule has 1 aliphatic rings. The Morgan fingerprint density at radius 3 is 2.58 bits per heavy atom. The SMILES string of the molecule is COc1ccc(C2CCCCCN2C(=O)[C@H](C)NC(=O)c2cccc([N+](=O)[O-])c2)cc1. The van der Waals surface area contributed by atoms with E-state index in [4.69, 9.17) is 4.74 Å². The van der Waals surface area contributed by atoms with Crippen LogP contribution in [0.4, 0.5) is 5.69 Å². The van der Waals surface area contributed by atoms with Crippen molar-refractivity contribution >= 4 is 17.5 Å². The monoisotopic (exact) mass is 425 g/mol. The molecule has 1 fully saturated rings. The molecule has 3 rings (SSSR count). The Balaban J connectivity index is 1.75. The fourth-order valence-electron chi connectivity index (χ4n) is 3.90. The van der Waals surface area contributed by atoms with Gasteiger partial charge in [-0.3, -0.25) is 19.7 Å². The molecule has 2 atom stereocenters. The third kappa shape index (κ3) is 5.39. The molecule has 2 amide bonds. The van der Waals surface area contributed by atoms with E-state index in [1.165, 1.54) is 24.3 Å². The molecule has 31 heavy (non-hydrogen) atoms. The number of benzene rings is 2. The lowest BCUT2D eigenvalue weighted by molar-refractivity contribution is -0.384. The van der Waals surface area contributed by atoms with Crippen LogP contribution < -0.4 is 10.1 Å². The quantitative estimate of drug-likeness (QED) is 0.559. The standard InChI is InChI=1S/C23H27N3O5/c1-16(24-22(27)18-7-6-8-19(15-18)26(29)30)23(28)25-14-5-3-4-9-21(25)17-10-12-20(31-2)13-11-17/h6-8,10-13,15-16,21H,3-5,9,14H2,1-2H3,(H,24,27)/t16-,21?/m0/s1. The second-order valence-electron chi connectivity index (χ2n) is 7.67. The number of non-ortho nitro benzene ring substituents is 1. The molecule has 1 aliphatic heterocycles. The topological polar surface area (TPSA) is 102 Å². The van der Waals surface area contributed by atoms with E-state index < -0.39 is 16.9 Å². The van der Waals surface area contributed by atoms with Crippen LogP contribution in [0.2, 0.25) is 0 Å². The Labute approximate surface area is 181 Å². The minimum atomic E-state index is -0.759. The first kappa shape index (κ1) is 22.3. The van der Waals surface area contributed by atoms with Gasteiger partial charge in [0.25, 0.3) is 11.6 Å². The number of methoxy groups -OCH3 is 1. The van der Waals surface area contributed by atoms with Gasteiger partial charge in [-0.1, -0.05) is 31.0 Å². The molecule has 8 nitrogen and oxygen atoms in total. The molecule has 2 aromatic rings. The zero-order chi connectivity index (χ0) is 22.4. The Morgan fingerprint density at radius 1 is 1.16 bits per heavy atom. The minimum Gasteiger partial charge on any atom is -0.497 e. The smallest absolute Gasteiger partial charge is 0.270 e. The summed E-state index contributed by atoms with van der Waals surface area (Å²) < 4.78 is 5.23. The minimum absolute atomic E-state index is 0.0712. The summed E-state index contributed by atoms with van der Waals surface area (Å²) in [5, 5.41) is 13.7. The fourth-order valence-corrected chi connectivity index (χ4v) is 3.90. The van der Waals surface area contributed by atoms with E-state index in [1.807, 2.05) is 29.2 Å². The fraction of sp³-hybridized carbons (Fsp3) is 0.391. The van der Waals surface area contributed by atoms with E-state index in [0.29, 0.717) is 6.54 Å². The van der Waals surface area contributed by atoms with E-state index in [2.05, 4.69) is 5.32 Å². The normalized spacial score (nSPS) is 17.4. The van der Waals surface area contributed by atoms with Crippen LogP contribution in [0.25, 0.3) is 0 Å². The van der Waals surface area contributed by atoms with Gasteiger partial charge in [-0.25, -0.2) is 0 Å². The van der Waals surface area contributed by atoms with Crippen molar-refractivity contribution in [1.29, 1.82) is 0 Å². The summed E-state index contributed by atoms with van der Waals surface area (Å²) in [6.45, 7) is 2.26. The number of carbonyl (C=O) groups is 2. The number of carbonyl (C=O) groups excluding carboxylic acids is 2. The molecule has 1 saturated heterocycles. The Hall–Kier alpha value is -3.42. The highest BCUT2D eigenvalue weighted by Crippen LogP contribution is 2.31. The predicted molar refractivity (Wildman–Crippen MR) is 116 cm³/mol. The number of hydrogen-bond acceptors (Lipinski definition) is 5. The van der Waals surface area contributed by atoms with Crippen molar-refractivity contribution in [2.24, 2.45) is 0 Å². The number of nitro benzene ring substituents is 1. The van der Waals surface area contributed by atoms with Crippen LogP contribution in [0.15, 0.2) is 48.5 Å². The molecular formula is C23H27N3O5. The molecule has 0 aliphatic carbocycles. The Bertz CT molecular complexity index is 944. The first-order valence-electron chi connectivity index (χ1n) is 10.4. The third-order valence-corrected chi connectivity index (χ3v) is 5.57. The summed E-state index contributed by atoms with van der Waals surface area (Å²) in [6, 6.07) is 12.4. The van der Waals surface area contributed by atoms with Gasteiger partial charge in [0.2, 0.25) is 5.91 Å². The molecule has 1 unspecified atom stereocenters. The van der Waals surface area contributed by atoms with Crippen molar-refractivity contribution in [2.75, 3.05) is 13.7 Å². The maximum atomic E-state index is 13.3. The summed E-state index contributed by atoms with van der Waals surface area (Å²) in [5.41, 5.74) is 1.02. The summed E-state index contributed by atoms with van der Waals surface area (Å²) in [4.78, 5) is 38.1. The number of nitrogens with one attached hydrogen (secondary N) is 1. The largest absolute Gasteiger partial charge is 0.497 e. The average molecular weight is 425 g/mol. The molecule has 0 bridgehead atoms. The highest BCUT2D eigenvalue weighted by molar-refractivity contribution is 5.98. The number of hydrogen-bond donors (Lipinski definition) is 1. The van der Waals surface area contributed by atoms with Gasteiger partial charge in [0.1, 0.15) is 11.8 Å². The van der Waals surface area contributed by atoms with Crippen molar-refractivity contribution in [1.82, 2.24) is 10.2 Å². The maximum Gasteiger partial charge on any atom is 0.270 e. The molecule has 1 heterocycles. The lowest BCUT2D eigenvalue weighted by Gasteiger charge is -2.33. The number of nitro groups is 1. The van der Waals surface area contributed by atoms with Crippen LogP contribution in [0.3, 0.4) is 0 Å². The van der Waals surface area contributed by atoms with E-state index in [1.54, 1.807) is 14.0 Å². The summed E-state index contributed by atoms with van der Waals surface area (Å²) >= 11 is 0. The highest BCUT2D eigenvalue weighted by atomic mass is 16.6. The zero-order valence-corrected chi connectivity index (χ0v) is 17.7. The predicted octanol–water partition coefficient (Wildman–Crippen LogP) is 3.87. The number of amides is 2. The van der Waals surface area contributed by atoms with E-state index in [-0.39, 0.29) is 23.2 Å².